The van der Waals surface area contributed by atoms with Gasteiger partial charge in [0.25, 0.3) is 0 Å². The molecule has 0 atom stereocenters. The molecule has 1 aliphatic heterocycles. The van der Waals surface area contributed by atoms with E-state index in [0.29, 0.717) is 54.8 Å². The number of pyridine rings is 2. The molecule has 5 heterocycles. The highest BCUT2D eigenvalue weighted by Gasteiger charge is 2.26. The van der Waals surface area contributed by atoms with Crippen LogP contribution in [0.4, 0.5) is 10.2 Å². The Morgan fingerprint density at radius 3 is 2.85 bits per heavy atom. The van der Waals surface area contributed by atoms with Crippen LogP contribution in [-0.2, 0) is 22.6 Å². The number of aromatic nitrogens is 4. The summed E-state index contributed by atoms with van der Waals surface area (Å²) in [5.41, 5.74) is 11.2. The number of nitrogens with zero attached hydrogens (tertiary/aromatic N) is 5. The molecule has 2 N–H and O–H groups in total. The first-order valence-electron chi connectivity index (χ1n) is 13.0. The third-order valence-corrected chi connectivity index (χ3v) is 7.88. The Bertz CT molecular complexity index is 1780. The molecule has 5 aromatic rings. The van der Waals surface area contributed by atoms with Crippen LogP contribution in [0.15, 0.2) is 66.7 Å². The summed E-state index contributed by atoms with van der Waals surface area (Å²) in [6.07, 6.45) is 2.98. The summed E-state index contributed by atoms with van der Waals surface area (Å²) in [6.45, 7) is 5.70. The quantitative estimate of drug-likeness (QED) is 0.203. The van der Waals surface area contributed by atoms with Crippen molar-refractivity contribution in [1.82, 2.24) is 24.6 Å². The molecule has 0 radical (unpaired) electrons. The van der Waals surface area contributed by atoms with Gasteiger partial charge in [-0.3, -0.25) is 9.48 Å². The summed E-state index contributed by atoms with van der Waals surface area (Å²) in [7, 11) is 1.59. The maximum Gasteiger partial charge on any atom is 0.246 e. The van der Waals surface area contributed by atoms with E-state index in [1.54, 1.807) is 41.7 Å². The van der Waals surface area contributed by atoms with Crippen molar-refractivity contribution in [2.75, 3.05) is 32.6 Å². The maximum absolute atomic E-state index is 14.5. The Balaban J connectivity index is 1.59. The second kappa shape index (κ2) is 11.1. The molecule has 4 aromatic heterocycles. The van der Waals surface area contributed by atoms with Gasteiger partial charge in [-0.1, -0.05) is 6.58 Å². The number of amides is 1. The van der Waals surface area contributed by atoms with Gasteiger partial charge in [-0.15, -0.1) is 11.3 Å². The fourth-order valence-corrected chi connectivity index (χ4v) is 5.99. The number of thiophene rings is 1. The zero-order valence-electron chi connectivity index (χ0n) is 22.3. The van der Waals surface area contributed by atoms with Gasteiger partial charge in [0.2, 0.25) is 5.91 Å². The van der Waals surface area contributed by atoms with E-state index in [2.05, 4.69) is 11.6 Å². The lowest BCUT2D eigenvalue weighted by molar-refractivity contribution is -0.127. The maximum atomic E-state index is 14.5. The molecule has 6 rings (SSSR count). The smallest absolute Gasteiger partial charge is 0.246 e. The number of rotatable bonds is 8. The van der Waals surface area contributed by atoms with Crippen LogP contribution in [0.1, 0.15) is 5.69 Å². The number of fused-ring (bicyclic) bond motifs is 2. The Morgan fingerprint density at radius 1 is 1.17 bits per heavy atom. The van der Waals surface area contributed by atoms with E-state index >= 15 is 0 Å². The van der Waals surface area contributed by atoms with Gasteiger partial charge < -0.3 is 20.1 Å². The van der Waals surface area contributed by atoms with Crippen molar-refractivity contribution in [2.45, 2.75) is 13.1 Å². The molecule has 11 heteroatoms. The Hall–Kier alpha value is -4.61. The van der Waals surface area contributed by atoms with Crippen LogP contribution < -0.4 is 10.5 Å². The molecule has 0 fully saturated rings. The molecule has 1 aromatic carbocycles. The Labute approximate surface area is 239 Å². The monoisotopic (exact) mass is 570 g/mol. The zero-order chi connectivity index (χ0) is 28.5. The van der Waals surface area contributed by atoms with Crippen molar-refractivity contribution < 1.29 is 18.7 Å². The van der Waals surface area contributed by atoms with Gasteiger partial charge >= 0.3 is 0 Å². The van der Waals surface area contributed by atoms with Crippen LogP contribution in [0, 0.1) is 5.82 Å². The predicted octanol–water partition coefficient (Wildman–Crippen LogP) is 5.16. The summed E-state index contributed by atoms with van der Waals surface area (Å²) >= 11 is 1.55. The summed E-state index contributed by atoms with van der Waals surface area (Å²) in [4.78, 5) is 23.4. The predicted molar refractivity (Wildman–Crippen MR) is 157 cm³/mol. The Kier molecular flexibility index (Phi) is 7.21. The number of anilines is 1. The van der Waals surface area contributed by atoms with E-state index in [1.807, 2.05) is 28.3 Å². The molecule has 1 amide bonds. The zero-order valence-corrected chi connectivity index (χ0v) is 23.2. The third kappa shape index (κ3) is 5.05. The van der Waals surface area contributed by atoms with Crippen LogP contribution in [0.2, 0.25) is 0 Å². The minimum atomic E-state index is -0.411. The molecule has 208 valence electrons. The van der Waals surface area contributed by atoms with Gasteiger partial charge in [-0.05, 0) is 47.9 Å². The van der Waals surface area contributed by atoms with Crippen LogP contribution in [0.3, 0.4) is 0 Å². The number of carbonyl (C=O) groups excluding carboxylic acids is 1. The van der Waals surface area contributed by atoms with Crippen LogP contribution in [-0.4, -0.2) is 57.4 Å². The van der Waals surface area contributed by atoms with Gasteiger partial charge in [0.15, 0.2) is 0 Å². The van der Waals surface area contributed by atoms with Gasteiger partial charge in [0, 0.05) is 52.7 Å². The van der Waals surface area contributed by atoms with Crippen molar-refractivity contribution in [1.29, 1.82) is 0 Å². The van der Waals surface area contributed by atoms with Gasteiger partial charge in [0.1, 0.15) is 35.4 Å². The number of benzene rings is 1. The standard InChI is InChI=1S/C30H27FN6O3S/c1-3-26(38)36-9-10-37-20(17-36)16-23(35-37)29-27(21-5-4-19(31)15-24(21)40-12-11-39-2)30-22(7-13-41-30)28(34-29)18-6-8-33-25(32)14-18/h3-8,13-16H,1,9-12,17H2,2H3,(H2,32,33). The number of carbonyl (C=O) groups is 1. The topological polar surface area (TPSA) is 108 Å². The van der Waals surface area contributed by atoms with Crippen molar-refractivity contribution in [3.63, 3.8) is 0 Å². The fraction of sp³-hybridized carbons (Fsp3) is 0.200. The third-order valence-electron chi connectivity index (χ3n) is 6.95. The number of hydrogen-bond donors (Lipinski definition) is 1. The highest BCUT2D eigenvalue weighted by atomic mass is 32.1. The van der Waals surface area contributed by atoms with Crippen LogP contribution in [0.25, 0.3) is 43.9 Å². The van der Waals surface area contributed by atoms with Crippen molar-refractivity contribution in [2.24, 2.45) is 0 Å². The van der Waals surface area contributed by atoms with Crippen molar-refractivity contribution in [3.8, 4) is 39.5 Å². The van der Waals surface area contributed by atoms with E-state index in [9.17, 15) is 9.18 Å². The SMILES string of the molecule is C=CC(=O)N1CCn2nc(-c3nc(-c4ccnc(N)c4)c4ccsc4c3-c3ccc(F)cc3OCCOC)cc2C1. The lowest BCUT2D eigenvalue weighted by atomic mass is 9.97. The highest BCUT2D eigenvalue weighted by Crippen LogP contribution is 2.46. The Morgan fingerprint density at radius 2 is 2.05 bits per heavy atom. The molecule has 0 spiro atoms. The molecule has 41 heavy (non-hydrogen) atoms. The lowest BCUT2D eigenvalue weighted by Crippen LogP contribution is -2.37. The van der Waals surface area contributed by atoms with E-state index in [4.69, 9.17) is 25.3 Å². The molecular formula is C30H27FN6O3S. The van der Waals surface area contributed by atoms with Crippen LogP contribution >= 0.6 is 11.3 Å². The first-order valence-corrected chi connectivity index (χ1v) is 13.9. The summed E-state index contributed by atoms with van der Waals surface area (Å²) in [6, 6.07) is 12.1. The number of ether oxygens (including phenoxy) is 2. The minimum Gasteiger partial charge on any atom is -0.490 e. The number of hydrogen-bond acceptors (Lipinski definition) is 8. The van der Waals surface area contributed by atoms with E-state index in [1.165, 1.54) is 18.2 Å². The van der Waals surface area contributed by atoms with Crippen molar-refractivity contribution >= 4 is 33.1 Å². The molecule has 0 saturated heterocycles. The van der Waals surface area contributed by atoms with E-state index in [-0.39, 0.29) is 12.5 Å². The van der Waals surface area contributed by atoms with E-state index in [0.717, 1.165) is 32.6 Å². The number of nitrogens with two attached hydrogens (primary N) is 1. The van der Waals surface area contributed by atoms with Crippen molar-refractivity contribution in [3.05, 3.63) is 78.2 Å². The van der Waals surface area contributed by atoms with E-state index < -0.39 is 5.82 Å². The second-order valence-electron chi connectivity index (χ2n) is 9.51. The highest BCUT2D eigenvalue weighted by molar-refractivity contribution is 7.18. The molecule has 0 aliphatic carbocycles. The molecule has 0 unspecified atom stereocenters. The van der Waals surface area contributed by atoms with Crippen LogP contribution in [0.5, 0.6) is 5.75 Å². The fourth-order valence-electron chi connectivity index (χ4n) is 5.03. The first-order chi connectivity index (χ1) is 20.0. The van der Waals surface area contributed by atoms with Gasteiger partial charge in [-0.2, -0.15) is 5.10 Å². The number of methoxy groups -OCH3 is 1. The molecule has 1 aliphatic rings. The number of nitrogen functional groups attached to an aromatic ring is 1. The molecular weight excluding hydrogens is 543 g/mol. The summed E-state index contributed by atoms with van der Waals surface area (Å²) in [5.74, 6) is 0.230. The molecule has 9 nitrogen and oxygen atoms in total. The molecule has 0 bridgehead atoms. The largest absolute Gasteiger partial charge is 0.490 e. The van der Waals surface area contributed by atoms with Gasteiger partial charge in [-0.25, -0.2) is 14.4 Å². The average Bonchev–Trinajstić information content (AvgIpc) is 3.64. The normalized spacial score (nSPS) is 12.9. The minimum absolute atomic E-state index is 0.125. The summed E-state index contributed by atoms with van der Waals surface area (Å²) < 4.78 is 28.5. The first kappa shape index (κ1) is 26.6. The number of halogens is 1. The van der Waals surface area contributed by atoms with Gasteiger partial charge in [0.05, 0.1) is 31.1 Å². The lowest BCUT2D eigenvalue weighted by Gasteiger charge is -2.26. The second-order valence-corrected chi connectivity index (χ2v) is 10.4. The average molecular weight is 571 g/mol. The molecule has 0 saturated carbocycles. The summed E-state index contributed by atoms with van der Waals surface area (Å²) in [5, 5.41) is 7.83.